The molecule has 6 nitrogen and oxygen atoms in total. The number of carboxylic acid groups (broad SMARTS) is 1. The highest BCUT2D eigenvalue weighted by molar-refractivity contribution is 5.78. The van der Waals surface area contributed by atoms with E-state index in [0.717, 1.165) is 23.2 Å². The van der Waals surface area contributed by atoms with Crippen LogP contribution in [0, 0.1) is 0 Å². The third-order valence-corrected chi connectivity index (χ3v) is 3.12. The predicted octanol–water partition coefficient (Wildman–Crippen LogP) is 0.777. The van der Waals surface area contributed by atoms with Crippen LogP contribution in [0.2, 0.25) is 0 Å². The quantitative estimate of drug-likeness (QED) is 0.824. The fourth-order valence-electron chi connectivity index (χ4n) is 2.28. The Hall–Kier alpha value is -2.24. The van der Waals surface area contributed by atoms with Crippen molar-refractivity contribution in [3.05, 3.63) is 35.7 Å². The van der Waals surface area contributed by atoms with Crippen LogP contribution in [0.15, 0.2) is 24.5 Å². The number of carbonyl (C=O) groups is 1. The lowest BCUT2D eigenvalue weighted by Crippen LogP contribution is -2.07. The molecule has 0 fully saturated rings. The van der Waals surface area contributed by atoms with Crippen molar-refractivity contribution in [2.75, 3.05) is 0 Å². The number of carboxylic acids is 1. The van der Waals surface area contributed by atoms with E-state index >= 15 is 0 Å². The fourth-order valence-corrected chi connectivity index (χ4v) is 2.28. The predicted molar refractivity (Wildman–Crippen MR) is 57.9 cm³/mol. The van der Waals surface area contributed by atoms with Crippen LogP contribution in [0.3, 0.4) is 0 Å². The molecule has 17 heavy (non-hydrogen) atoms. The zero-order valence-corrected chi connectivity index (χ0v) is 8.95. The number of fused-ring (bicyclic) bond motifs is 1. The number of hydrogen-bond acceptors (Lipinski definition) is 4. The van der Waals surface area contributed by atoms with E-state index in [1.54, 1.807) is 4.68 Å². The van der Waals surface area contributed by atoms with Crippen molar-refractivity contribution in [3.8, 4) is 5.69 Å². The molecule has 0 radical (unpaired) electrons. The molecule has 6 heteroatoms. The fraction of sp³-hybridized carbons (Fsp3) is 0.273. The first-order valence-corrected chi connectivity index (χ1v) is 5.34. The summed E-state index contributed by atoms with van der Waals surface area (Å²) in [5, 5.41) is 20.0. The minimum Gasteiger partial charge on any atom is -0.481 e. The highest BCUT2D eigenvalue weighted by Gasteiger charge is 2.28. The Morgan fingerprint density at radius 2 is 2.35 bits per heavy atom. The third-order valence-electron chi connectivity index (χ3n) is 3.12. The minimum atomic E-state index is -0.751. The van der Waals surface area contributed by atoms with Gasteiger partial charge in [-0.1, -0.05) is 6.07 Å². The highest BCUT2D eigenvalue weighted by Crippen LogP contribution is 2.34. The number of aromatic nitrogens is 4. The normalized spacial score (nSPS) is 18.0. The lowest BCUT2D eigenvalue weighted by Gasteiger charge is -2.07. The molecule has 0 unspecified atom stereocenters. The van der Waals surface area contributed by atoms with Gasteiger partial charge in [0.25, 0.3) is 0 Å². The topological polar surface area (TPSA) is 80.9 Å². The second-order valence-corrected chi connectivity index (χ2v) is 4.07. The van der Waals surface area contributed by atoms with Crippen molar-refractivity contribution in [1.82, 2.24) is 20.2 Å². The molecule has 1 aliphatic carbocycles. The van der Waals surface area contributed by atoms with E-state index in [4.69, 9.17) is 5.11 Å². The van der Waals surface area contributed by atoms with Crippen LogP contribution in [-0.2, 0) is 11.2 Å². The summed E-state index contributed by atoms with van der Waals surface area (Å²) in [6, 6.07) is 5.66. The van der Waals surface area contributed by atoms with E-state index in [2.05, 4.69) is 15.5 Å². The van der Waals surface area contributed by atoms with Gasteiger partial charge in [-0.05, 0) is 46.5 Å². The van der Waals surface area contributed by atoms with Crippen molar-refractivity contribution >= 4 is 5.97 Å². The van der Waals surface area contributed by atoms with Gasteiger partial charge in [-0.3, -0.25) is 4.79 Å². The summed E-state index contributed by atoms with van der Waals surface area (Å²) in [6.07, 6.45) is 2.98. The molecule has 86 valence electrons. The Balaban J connectivity index is 2.02. The highest BCUT2D eigenvalue weighted by atomic mass is 16.4. The van der Waals surface area contributed by atoms with E-state index in [9.17, 15) is 4.79 Å². The molecule has 0 amide bonds. The van der Waals surface area contributed by atoms with E-state index in [0.29, 0.717) is 6.42 Å². The number of hydrogen-bond donors (Lipinski definition) is 1. The number of aryl methyl sites for hydroxylation is 1. The summed E-state index contributed by atoms with van der Waals surface area (Å²) >= 11 is 0. The molecule has 1 aromatic carbocycles. The van der Waals surface area contributed by atoms with E-state index in [1.165, 1.54) is 6.33 Å². The molecule has 1 N–H and O–H groups in total. The summed E-state index contributed by atoms with van der Waals surface area (Å²) < 4.78 is 1.56. The molecule has 0 saturated heterocycles. The number of nitrogens with zero attached hydrogens (tertiary/aromatic N) is 4. The van der Waals surface area contributed by atoms with Gasteiger partial charge in [-0.15, -0.1) is 5.10 Å². The molecular weight excluding hydrogens is 220 g/mol. The molecule has 1 heterocycles. The maximum Gasteiger partial charge on any atom is 0.310 e. The van der Waals surface area contributed by atoms with E-state index in [-0.39, 0.29) is 5.92 Å². The summed E-state index contributed by atoms with van der Waals surface area (Å²) in [4.78, 5) is 11.0. The number of benzene rings is 1. The SMILES string of the molecule is O=C(O)[C@@H]1CCc2cc(-n3cnnn3)ccc21. The van der Waals surface area contributed by atoms with E-state index < -0.39 is 5.97 Å². The van der Waals surface area contributed by atoms with Crippen LogP contribution < -0.4 is 0 Å². The standard InChI is InChI=1S/C11H10N4O2/c16-11(17)10-3-1-7-5-8(2-4-9(7)10)15-6-12-13-14-15/h2,4-6,10H,1,3H2,(H,16,17)/t10-/m1/s1. The third kappa shape index (κ3) is 1.57. The van der Waals surface area contributed by atoms with Gasteiger partial charge in [0.1, 0.15) is 6.33 Å². The molecule has 0 spiro atoms. The first-order chi connectivity index (χ1) is 8.25. The molecule has 0 saturated carbocycles. The van der Waals surface area contributed by atoms with Gasteiger partial charge in [0.2, 0.25) is 0 Å². The Labute approximate surface area is 96.9 Å². The van der Waals surface area contributed by atoms with Crippen LogP contribution in [0.1, 0.15) is 23.5 Å². The van der Waals surface area contributed by atoms with Crippen molar-refractivity contribution in [1.29, 1.82) is 0 Å². The average Bonchev–Trinajstić information content (AvgIpc) is 2.97. The second-order valence-electron chi connectivity index (χ2n) is 4.07. The summed E-state index contributed by atoms with van der Waals surface area (Å²) in [7, 11) is 0. The van der Waals surface area contributed by atoms with Crippen LogP contribution in [0.5, 0.6) is 0 Å². The molecule has 1 aromatic heterocycles. The second kappa shape index (κ2) is 3.65. The zero-order valence-electron chi connectivity index (χ0n) is 8.95. The molecule has 1 aliphatic rings. The Morgan fingerprint density at radius 3 is 3.06 bits per heavy atom. The van der Waals surface area contributed by atoms with Gasteiger partial charge in [-0.2, -0.15) is 0 Å². The van der Waals surface area contributed by atoms with Gasteiger partial charge in [-0.25, -0.2) is 4.68 Å². The molecule has 1 atom stereocenters. The van der Waals surface area contributed by atoms with Gasteiger partial charge >= 0.3 is 5.97 Å². The van der Waals surface area contributed by atoms with Crippen LogP contribution in [0.4, 0.5) is 0 Å². The average molecular weight is 230 g/mol. The largest absolute Gasteiger partial charge is 0.481 e. The summed E-state index contributed by atoms with van der Waals surface area (Å²) in [6.45, 7) is 0. The summed E-state index contributed by atoms with van der Waals surface area (Å²) in [5.41, 5.74) is 2.85. The van der Waals surface area contributed by atoms with Crippen LogP contribution in [-0.4, -0.2) is 31.3 Å². The smallest absolute Gasteiger partial charge is 0.310 e. The molecule has 0 aliphatic heterocycles. The van der Waals surface area contributed by atoms with Crippen LogP contribution >= 0.6 is 0 Å². The molecular formula is C11H10N4O2. The van der Waals surface area contributed by atoms with Crippen molar-refractivity contribution in [2.24, 2.45) is 0 Å². The molecule has 2 aromatic rings. The van der Waals surface area contributed by atoms with Gasteiger partial charge in [0.05, 0.1) is 11.6 Å². The monoisotopic (exact) mass is 230 g/mol. The van der Waals surface area contributed by atoms with Crippen LogP contribution in [0.25, 0.3) is 5.69 Å². The Morgan fingerprint density at radius 1 is 1.47 bits per heavy atom. The Bertz CT molecular complexity index is 565. The van der Waals surface area contributed by atoms with Gasteiger partial charge in [0, 0.05) is 0 Å². The first-order valence-electron chi connectivity index (χ1n) is 5.34. The maximum absolute atomic E-state index is 11.0. The Kier molecular flexibility index (Phi) is 2.14. The number of tetrazole rings is 1. The lowest BCUT2D eigenvalue weighted by molar-refractivity contribution is -0.138. The van der Waals surface area contributed by atoms with E-state index in [1.807, 2.05) is 18.2 Å². The van der Waals surface area contributed by atoms with Crippen molar-refractivity contribution < 1.29 is 9.90 Å². The molecule has 3 rings (SSSR count). The van der Waals surface area contributed by atoms with Gasteiger partial charge < -0.3 is 5.11 Å². The minimum absolute atomic E-state index is 0.368. The molecule has 0 bridgehead atoms. The zero-order chi connectivity index (χ0) is 11.8. The number of aliphatic carboxylic acids is 1. The first kappa shape index (κ1) is 9.95. The maximum atomic E-state index is 11.0. The van der Waals surface area contributed by atoms with Crippen molar-refractivity contribution in [2.45, 2.75) is 18.8 Å². The lowest BCUT2D eigenvalue weighted by atomic mass is 10.0. The van der Waals surface area contributed by atoms with Gasteiger partial charge in [0.15, 0.2) is 0 Å². The summed E-state index contributed by atoms with van der Waals surface area (Å²) in [5.74, 6) is -1.12. The number of rotatable bonds is 2. The van der Waals surface area contributed by atoms with Crippen molar-refractivity contribution in [3.63, 3.8) is 0 Å².